The van der Waals surface area contributed by atoms with Gasteiger partial charge >= 0.3 is 0 Å². The molecule has 0 aromatic carbocycles. The van der Waals surface area contributed by atoms with Gasteiger partial charge in [0.15, 0.2) is 17.9 Å². The first-order valence-corrected chi connectivity index (χ1v) is 13.0. The summed E-state index contributed by atoms with van der Waals surface area (Å²) in [5.41, 5.74) is -2.42. The van der Waals surface area contributed by atoms with Crippen molar-refractivity contribution in [1.82, 2.24) is 0 Å². The smallest absolute Gasteiger partial charge is 0.190 e. The molecule has 5 N–H and O–H groups in total. The number of fused-ring (bicyclic) bond motifs is 5. The van der Waals surface area contributed by atoms with E-state index in [9.17, 15) is 39.9 Å². The van der Waals surface area contributed by atoms with E-state index < -0.39 is 66.1 Å². The lowest BCUT2D eigenvalue weighted by Gasteiger charge is -2.56. The predicted molar refractivity (Wildman–Crippen MR) is 127 cm³/mol. The Bertz CT molecular complexity index is 1050. The van der Waals surface area contributed by atoms with Crippen molar-refractivity contribution in [3.8, 4) is 0 Å². The molecule has 3 saturated carbocycles. The van der Waals surface area contributed by atoms with Crippen LogP contribution in [0.5, 0.6) is 0 Å². The molecular weight excluding hydrogens is 484 g/mol. The third-order valence-electron chi connectivity index (χ3n) is 10.1. The van der Waals surface area contributed by atoms with Crippen molar-refractivity contribution in [2.24, 2.45) is 28.6 Å². The average Bonchev–Trinajstić information content (AvgIpc) is 3.13. The quantitative estimate of drug-likeness (QED) is 0.321. The number of allylic oxidation sites excluding steroid dienone is 4. The molecule has 0 radical (unpaired) electrons. The van der Waals surface area contributed by atoms with Gasteiger partial charge in [-0.1, -0.05) is 25.5 Å². The number of ketones is 3. The first-order valence-electron chi connectivity index (χ1n) is 13.0. The fraction of sp³-hybridized carbons (Fsp3) is 0.741. The van der Waals surface area contributed by atoms with E-state index in [2.05, 4.69) is 0 Å². The number of ether oxygens (including phenoxy) is 2. The Hall–Kier alpha value is -1.79. The van der Waals surface area contributed by atoms with Gasteiger partial charge in [-0.2, -0.15) is 0 Å². The van der Waals surface area contributed by atoms with Crippen LogP contribution < -0.4 is 0 Å². The molecule has 10 nitrogen and oxygen atoms in total. The number of hydrogen-bond acceptors (Lipinski definition) is 10. The first-order chi connectivity index (χ1) is 17.4. The van der Waals surface area contributed by atoms with Gasteiger partial charge in [0.1, 0.15) is 42.4 Å². The normalized spacial score (nSPS) is 49.2. The van der Waals surface area contributed by atoms with Crippen LogP contribution in [0.25, 0.3) is 0 Å². The van der Waals surface area contributed by atoms with Crippen LogP contribution in [0, 0.1) is 28.6 Å². The fourth-order valence-electron chi connectivity index (χ4n) is 7.97. The summed E-state index contributed by atoms with van der Waals surface area (Å²) in [5, 5.41) is 51.2. The summed E-state index contributed by atoms with van der Waals surface area (Å²) < 4.78 is 10.8. The zero-order valence-corrected chi connectivity index (χ0v) is 21.1. The van der Waals surface area contributed by atoms with E-state index in [0.29, 0.717) is 19.3 Å². The van der Waals surface area contributed by atoms with Gasteiger partial charge in [0, 0.05) is 23.2 Å². The SMILES string of the molecule is C[C@]12C=CC(=O)C=C1CCC1C2C(=O)C[C@@]2(C)C1CC[C@]2(O)C(=O)COC1OC(CO)C(O)C(O)C1O. The van der Waals surface area contributed by atoms with E-state index in [1.54, 1.807) is 13.0 Å². The molecule has 204 valence electrons. The molecular formula is C27H36O10. The summed E-state index contributed by atoms with van der Waals surface area (Å²) in [6.07, 6.45) is -0.399. The van der Waals surface area contributed by atoms with Gasteiger partial charge in [-0.15, -0.1) is 0 Å². The Morgan fingerprint density at radius 3 is 2.57 bits per heavy atom. The topological polar surface area (TPSA) is 171 Å². The van der Waals surface area contributed by atoms with Crippen LogP contribution in [0.4, 0.5) is 0 Å². The molecule has 10 heteroatoms. The summed E-state index contributed by atoms with van der Waals surface area (Å²) in [6.45, 7) is 2.52. The van der Waals surface area contributed by atoms with Crippen LogP contribution in [0.1, 0.15) is 46.0 Å². The summed E-state index contributed by atoms with van der Waals surface area (Å²) in [7, 11) is 0. The molecule has 11 atom stereocenters. The predicted octanol–water partition coefficient (Wildman–Crippen LogP) is -0.410. The van der Waals surface area contributed by atoms with E-state index in [-0.39, 0.29) is 42.2 Å². The third-order valence-corrected chi connectivity index (χ3v) is 10.1. The number of carbonyl (C=O) groups excluding carboxylic acids is 3. The van der Waals surface area contributed by atoms with Crippen molar-refractivity contribution in [3.63, 3.8) is 0 Å². The highest BCUT2D eigenvalue weighted by Gasteiger charge is 2.68. The second kappa shape index (κ2) is 9.15. The molecule has 0 aromatic rings. The van der Waals surface area contributed by atoms with Crippen LogP contribution in [-0.2, 0) is 23.9 Å². The second-order valence-electron chi connectivity index (χ2n) is 11.9. The molecule has 4 aliphatic carbocycles. The van der Waals surface area contributed by atoms with Gasteiger partial charge in [-0.3, -0.25) is 14.4 Å². The summed E-state index contributed by atoms with van der Waals surface area (Å²) >= 11 is 0. The van der Waals surface area contributed by atoms with Crippen LogP contribution in [0.2, 0.25) is 0 Å². The third kappa shape index (κ3) is 3.83. The van der Waals surface area contributed by atoms with Crippen LogP contribution in [-0.4, -0.2) is 92.4 Å². The van der Waals surface area contributed by atoms with Crippen LogP contribution in [0.3, 0.4) is 0 Å². The van der Waals surface area contributed by atoms with Gasteiger partial charge in [-0.25, -0.2) is 0 Å². The van der Waals surface area contributed by atoms with Gasteiger partial charge in [-0.05, 0) is 49.7 Å². The highest BCUT2D eigenvalue weighted by atomic mass is 16.7. The lowest BCUT2D eigenvalue weighted by molar-refractivity contribution is -0.300. The number of Topliss-reactive ketones (excluding diaryl/α,β-unsaturated/α-hetero) is 2. The van der Waals surface area contributed by atoms with E-state index >= 15 is 0 Å². The average molecular weight is 521 g/mol. The number of aliphatic hydroxyl groups excluding tert-OH is 4. The van der Waals surface area contributed by atoms with Gasteiger partial charge in [0.05, 0.1) is 6.61 Å². The maximum Gasteiger partial charge on any atom is 0.190 e. The number of aliphatic hydroxyl groups is 5. The number of carbonyl (C=O) groups is 3. The summed E-state index contributed by atoms with van der Waals surface area (Å²) in [4.78, 5) is 39.1. The van der Waals surface area contributed by atoms with Crippen molar-refractivity contribution < 1.29 is 49.4 Å². The fourth-order valence-corrected chi connectivity index (χ4v) is 7.97. The second-order valence-corrected chi connectivity index (χ2v) is 11.9. The van der Waals surface area contributed by atoms with Crippen LogP contribution in [0.15, 0.2) is 23.8 Å². The molecule has 37 heavy (non-hydrogen) atoms. The van der Waals surface area contributed by atoms with E-state index in [1.807, 2.05) is 13.0 Å². The molecule has 1 aliphatic heterocycles. The molecule has 0 bridgehead atoms. The summed E-state index contributed by atoms with van der Waals surface area (Å²) in [6, 6.07) is 0. The van der Waals surface area contributed by atoms with Crippen molar-refractivity contribution in [1.29, 1.82) is 0 Å². The molecule has 4 fully saturated rings. The van der Waals surface area contributed by atoms with Gasteiger partial charge < -0.3 is 35.0 Å². The minimum atomic E-state index is -1.83. The number of rotatable bonds is 5. The van der Waals surface area contributed by atoms with Crippen molar-refractivity contribution in [2.45, 2.75) is 82.3 Å². The largest absolute Gasteiger partial charge is 0.394 e. The Morgan fingerprint density at radius 2 is 1.86 bits per heavy atom. The summed E-state index contributed by atoms with van der Waals surface area (Å²) in [5.74, 6) is -1.19. The highest BCUT2D eigenvalue weighted by Crippen LogP contribution is 2.66. The molecule has 0 aromatic heterocycles. The van der Waals surface area contributed by atoms with Crippen LogP contribution >= 0.6 is 0 Å². The molecule has 0 spiro atoms. The minimum absolute atomic E-state index is 0.0196. The maximum atomic E-state index is 13.7. The molecule has 5 aliphatic rings. The Kier molecular flexibility index (Phi) is 6.63. The Labute approximate surface area is 215 Å². The molecule has 1 heterocycles. The standard InChI is InChI=1S/C27H36O10/c1-25-7-5-14(29)9-13(25)3-4-15-16-6-8-27(35,26(16,2)10-17(30)20(15)25)19(31)12-36-24-23(34)22(33)21(32)18(11-28)37-24/h5,7,9,15-16,18,20-24,28,32-35H,3-4,6,8,10-12H2,1-2H3/t15?,16?,18?,20?,21?,22?,23?,24?,25-,26-,27-/m0/s1. The lowest BCUT2D eigenvalue weighted by atomic mass is 9.46. The van der Waals surface area contributed by atoms with Crippen molar-refractivity contribution in [3.05, 3.63) is 23.8 Å². The van der Waals surface area contributed by atoms with E-state index in [1.165, 1.54) is 6.08 Å². The van der Waals surface area contributed by atoms with Crippen molar-refractivity contribution >= 4 is 17.3 Å². The van der Waals surface area contributed by atoms with E-state index in [4.69, 9.17) is 9.47 Å². The monoisotopic (exact) mass is 520 g/mol. The van der Waals surface area contributed by atoms with Gasteiger partial charge in [0.2, 0.25) is 0 Å². The van der Waals surface area contributed by atoms with E-state index in [0.717, 1.165) is 5.57 Å². The molecule has 0 amide bonds. The zero-order chi connectivity index (χ0) is 26.9. The number of hydrogen-bond donors (Lipinski definition) is 5. The Morgan fingerprint density at radius 1 is 1.14 bits per heavy atom. The Balaban J connectivity index is 1.34. The first kappa shape index (κ1) is 26.8. The van der Waals surface area contributed by atoms with Gasteiger partial charge in [0.25, 0.3) is 0 Å². The lowest BCUT2D eigenvalue weighted by Crippen LogP contribution is -2.61. The zero-order valence-electron chi connectivity index (χ0n) is 21.1. The minimum Gasteiger partial charge on any atom is -0.394 e. The highest BCUT2D eigenvalue weighted by molar-refractivity contribution is 6.02. The molecule has 8 unspecified atom stereocenters. The maximum absolute atomic E-state index is 13.7. The molecule has 5 rings (SSSR count). The molecule has 1 saturated heterocycles. The van der Waals surface area contributed by atoms with Crippen molar-refractivity contribution in [2.75, 3.05) is 13.2 Å².